The molecule has 1 atom stereocenters. The fourth-order valence-corrected chi connectivity index (χ4v) is 1.41. The third-order valence-corrected chi connectivity index (χ3v) is 2.74. The number of aliphatic hydroxyl groups is 2. The minimum atomic E-state index is -1.38. The van der Waals surface area contributed by atoms with E-state index in [2.05, 4.69) is 15.3 Å². The minimum Gasteiger partial charge on any atom is -0.393 e. The molecule has 0 saturated heterocycles. The van der Waals surface area contributed by atoms with Crippen molar-refractivity contribution in [2.75, 3.05) is 13.2 Å². The molecule has 0 aliphatic heterocycles. The van der Waals surface area contributed by atoms with Crippen LogP contribution in [0.3, 0.4) is 0 Å². The number of nitrogens with zero attached hydrogens (tertiary/aromatic N) is 2. The summed E-state index contributed by atoms with van der Waals surface area (Å²) in [7, 11) is 0. The molecule has 1 aromatic rings. The lowest BCUT2D eigenvalue weighted by molar-refractivity contribution is 0.00316. The maximum Gasteiger partial charge on any atom is 0.271 e. The summed E-state index contributed by atoms with van der Waals surface area (Å²) < 4.78 is 0. The molecule has 106 valence electrons. The van der Waals surface area contributed by atoms with Crippen molar-refractivity contribution in [3.8, 4) is 0 Å². The standard InChI is InChI=1S/C12H18ClN3O3/c1-7(2)10-14-4-8(13)9(16-10)11(18)15-5-12(3,19)6-17/h4,7,17,19H,5-6H2,1-3H3,(H,15,18). The zero-order chi connectivity index (χ0) is 14.6. The van der Waals surface area contributed by atoms with E-state index in [4.69, 9.17) is 16.7 Å². The first kappa shape index (κ1) is 15.8. The Morgan fingerprint density at radius 2 is 2.21 bits per heavy atom. The molecule has 0 radical (unpaired) electrons. The number of aromatic nitrogens is 2. The highest BCUT2D eigenvalue weighted by Crippen LogP contribution is 2.16. The molecule has 0 spiro atoms. The lowest BCUT2D eigenvalue weighted by Gasteiger charge is -2.20. The van der Waals surface area contributed by atoms with Crippen molar-refractivity contribution in [1.29, 1.82) is 0 Å². The average Bonchev–Trinajstić information content (AvgIpc) is 2.36. The average molecular weight is 288 g/mol. The normalized spacial score (nSPS) is 14.3. The smallest absolute Gasteiger partial charge is 0.271 e. The summed E-state index contributed by atoms with van der Waals surface area (Å²) in [5.41, 5.74) is -1.31. The summed E-state index contributed by atoms with van der Waals surface area (Å²) in [5, 5.41) is 21.1. The molecule has 1 heterocycles. The Bertz CT molecular complexity index is 464. The van der Waals surface area contributed by atoms with E-state index >= 15 is 0 Å². The maximum absolute atomic E-state index is 11.9. The van der Waals surface area contributed by atoms with Gasteiger partial charge in [-0.25, -0.2) is 9.97 Å². The topological polar surface area (TPSA) is 95.3 Å². The minimum absolute atomic E-state index is 0.0640. The highest BCUT2D eigenvalue weighted by Gasteiger charge is 2.22. The molecule has 0 fully saturated rings. The monoisotopic (exact) mass is 287 g/mol. The Balaban J connectivity index is 2.85. The van der Waals surface area contributed by atoms with E-state index in [9.17, 15) is 9.90 Å². The third kappa shape index (κ3) is 4.41. The van der Waals surface area contributed by atoms with Crippen molar-refractivity contribution in [2.45, 2.75) is 32.3 Å². The summed E-state index contributed by atoms with van der Waals surface area (Å²) in [4.78, 5) is 20.1. The fourth-order valence-electron chi connectivity index (χ4n) is 1.23. The van der Waals surface area contributed by atoms with E-state index in [1.54, 1.807) is 0 Å². The number of amides is 1. The third-order valence-electron chi connectivity index (χ3n) is 2.46. The van der Waals surface area contributed by atoms with Crippen molar-refractivity contribution in [3.63, 3.8) is 0 Å². The SMILES string of the molecule is CC(C)c1ncc(Cl)c(C(=O)NCC(C)(O)CO)n1. The molecule has 3 N–H and O–H groups in total. The zero-order valence-electron chi connectivity index (χ0n) is 11.1. The molecule has 0 aliphatic carbocycles. The molecule has 1 unspecified atom stereocenters. The molecular formula is C12H18ClN3O3. The second-order valence-corrected chi connectivity index (χ2v) is 5.32. The van der Waals surface area contributed by atoms with Gasteiger partial charge in [-0.2, -0.15) is 0 Å². The Morgan fingerprint density at radius 3 is 2.74 bits per heavy atom. The lowest BCUT2D eigenvalue weighted by atomic mass is 10.1. The van der Waals surface area contributed by atoms with Crippen LogP contribution in [0.4, 0.5) is 0 Å². The molecule has 1 amide bonds. The highest BCUT2D eigenvalue weighted by molar-refractivity contribution is 6.33. The van der Waals surface area contributed by atoms with Gasteiger partial charge >= 0.3 is 0 Å². The zero-order valence-corrected chi connectivity index (χ0v) is 11.9. The first-order valence-corrected chi connectivity index (χ1v) is 6.28. The first-order valence-electron chi connectivity index (χ1n) is 5.90. The van der Waals surface area contributed by atoms with Crippen LogP contribution in [0.25, 0.3) is 0 Å². The van der Waals surface area contributed by atoms with Crippen LogP contribution in [0, 0.1) is 0 Å². The Morgan fingerprint density at radius 1 is 1.58 bits per heavy atom. The Hall–Kier alpha value is -1.24. The van der Waals surface area contributed by atoms with Crippen LogP contribution in [0.2, 0.25) is 5.02 Å². The molecule has 1 rings (SSSR count). The van der Waals surface area contributed by atoms with Crippen molar-refractivity contribution in [2.24, 2.45) is 0 Å². The van der Waals surface area contributed by atoms with E-state index in [1.807, 2.05) is 13.8 Å². The maximum atomic E-state index is 11.9. The van der Waals surface area contributed by atoms with Crippen LogP contribution in [-0.4, -0.2) is 44.8 Å². The van der Waals surface area contributed by atoms with Crippen LogP contribution >= 0.6 is 11.6 Å². The van der Waals surface area contributed by atoms with Gasteiger partial charge in [-0.15, -0.1) is 0 Å². The van der Waals surface area contributed by atoms with Crippen LogP contribution < -0.4 is 5.32 Å². The predicted molar refractivity (Wildman–Crippen MR) is 71.2 cm³/mol. The molecule has 7 heteroatoms. The van der Waals surface area contributed by atoms with Gasteiger partial charge in [0.2, 0.25) is 0 Å². The highest BCUT2D eigenvalue weighted by atomic mass is 35.5. The summed E-state index contributed by atoms with van der Waals surface area (Å²) in [6.07, 6.45) is 1.38. The number of hydrogen-bond acceptors (Lipinski definition) is 5. The number of hydrogen-bond donors (Lipinski definition) is 3. The van der Waals surface area contributed by atoms with Gasteiger partial charge < -0.3 is 15.5 Å². The van der Waals surface area contributed by atoms with Gasteiger partial charge in [-0.1, -0.05) is 25.4 Å². The van der Waals surface area contributed by atoms with Gasteiger partial charge in [0.05, 0.1) is 17.8 Å². The largest absolute Gasteiger partial charge is 0.393 e. The molecule has 0 aromatic carbocycles. The van der Waals surface area contributed by atoms with Crippen molar-refractivity contribution in [3.05, 3.63) is 22.7 Å². The molecule has 1 aromatic heterocycles. The lowest BCUT2D eigenvalue weighted by Crippen LogP contribution is -2.43. The Labute approximate surface area is 116 Å². The van der Waals surface area contributed by atoms with Crippen molar-refractivity contribution >= 4 is 17.5 Å². The molecular weight excluding hydrogens is 270 g/mol. The second-order valence-electron chi connectivity index (χ2n) is 4.92. The van der Waals surface area contributed by atoms with Gasteiger partial charge in [-0.3, -0.25) is 4.79 Å². The van der Waals surface area contributed by atoms with Gasteiger partial charge in [0.25, 0.3) is 5.91 Å². The van der Waals surface area contributed by atoms with E-state index in [0.29, 0.717) is 5.82 Å². The number of carbonyl (C=O) groups is 1. The number of aliphatic hydroxyl groups excluding tert-OH is 1. The number of rotatable bonds is 5. The van der Waals surface area contributed by atoms with Gasteiger partial charge in [0.15, 0.2) is 0 Å². The summed E-state index contributed by atoms with van der Waals surface area (Å²) in [6.45, 7) is 4.67. The second kappa shape index (κ2) is 6.27. The van der Waals surface area contributed by atoms with E-state index in [0.717, 1.165) is 0 Å². The van der Waals surface area contributed by atoms with Crippen LogP contribution in [-0.2, 0) is 0 Å². The molecule has 0 saturated carbocycles. The van der Waals surface area contributed by atoms with Crippen LogP contribution in [0.1, 0.15) is 43.0 Å². The van der Waals surface area contributed by atoms with Crippen LogP contribution in [0.15, 0.2) is 6.20 Å². The van der Waals surface area contributed by atoms with Crippen molar-refractivity contribution < 1.29 is 15.0 Å². The number of carbonyl (C=O) groups excluding carboxylic acids is 1. The van der Waals surface area contributed by atoms with E-state index in [-0.39, 0.29) is 23.2 Å². The Kier molecular flexibility index (Phi) is 5.22. The summed E-state index contributed by atoms with van der Waals surface area (Å²) in [5.74, 6) is 0.0795. The van der Waals surface area contributed by atoms with E-state index in [1.165, 1.54) is 13.1 Å². The van der Waals surface area contributed by atoms with Crippen LogP contribution in [0.5, 0.6) is 0 Å². The van der Waals surface area contributed by atoms with E-state index < -0.39 is 18.1 Å². The van der Waals surface area contributed by atoms with Gasteiger partial charge in [0, 0.05) is 12.5 Å². The van der Waals surface area contributed by atoms with Crippen molar-refractivity contribution in [1.82, 2.24) is 15.3 Å². The molecule has 0 bridgehead atoms. The van der Waals surface area contributed by atoms with Gasteiger partial charge in [-0.05, 0) is 6.92 Å². The van der Waals surface area contributed by atoms with Gasteiger partial charge in [0.1, 0.15) is 17.1 Å². The quantitative estimate of drug-likeness (QED) is 0.742. The predicted octanol–water partition coefficient (Wildman–Crippen LogP) is 0.726. The summed E-state index contributed by atoms with van der Waals surface area (Å²) >= 11 is 5.88. The molecule has 19 heavy (non-hydrogen) atoms. The first-order chi connectivity index (χ1) is 8.76. The fraction of sp³-hybridized carbons (Fsp3) is 0.583. The molecule has 0 aliphatic rings. The number of halogens is 1. The number of nitrogens with one attached hydrogen (secondary N) is 1. The molecule has 6 nitrogen and oxygen atoms in total. The summed E-state index contributed by atoms with van der Waals surface area (Å²) in [6, 6.07) is 0.